The zero-order valence-corrected chi connectivity index (χ0v) is 13.5. The molecule has 1 heterocycles. The number of carbonyl (C=O) groups is 1. The maximum Gasteiger partial charge on any atom is 0.321 e. The molecule has 2 amide bonds. The summed E-state index contributed by atoms with van der Waals surface area (Å²) in [6, 6.07) is 7.87. The van der Waals surface area contributed by atoms with Gasteiger partial charge in [-0.05, 0) is 43.4 Å². The molecule has 0 aliphatic heterocycles. The van der Waals surface area contributed by atoms with Gasteiger partial charge in [-0.1, -0.05) is 13.0 Å². The number of rotatable bonds is 6. The van der Waals surface area contributed by atoms with Crippen LogP contribution in [-0.2, 0) is 6.54 Å². The van der Waals surface area contributed by atoms with Crippen LogP contribution in [0.25, 0.3) is 10.9 Å². The summed E-state index contributed by atoms with van der Waals surface area (Å²) in [5.74, 6) is 0. The van der Waals surface area contributed by atoms with Gasteiger partial charge in [0.05, 0.1) is 11.6 Å². The third kappa shape index (κ3) is 4.01. The van der Waals surface area contributed by atoms with Crippen LogP contribution in [0.15, 0.2) is 30.5 Å². The van der Waals surface area contributed by atoms with E-state index in [2.05, 4.69) is 29.1 Å². The summed E-state index contributed by atoms with van der Waals surface area (Å²) in [5.41, 5.74) is 1.92. The lowest BCUT2D eigenvalue weighted by Gasteiger charge is -2.18. The number of aryl methyl sites for hydroxylation is 1. The van der Waals surface area contributed by atoms with Gasteiger partial charge in [0, 0.05) is 32.0 Å². The Bertz CT molecular complexity index is 634. The van der Waals surface area contributed by atoms with Crippen molar-refractivity contribution in [2.75, 3.05) is 18.9 Å². The first-order valence-corrected chi connectivity index (χ1v) is 7.80. The molecule has 1 aromatic carbocycles. The van der Waals surface area contributed by atoms with Crippen LogP contribution in [0.1, 0.15) is 26.7 Å². The highest BCUT2D eigenvalue weighted by Crippen LogP contribution is 2.21. The molecule has 0 aliphatic rings. The smallest absolute Gasteiger partial charge is 0.321 e. The van der Waals surface area contributed by atoms with Crippen molar-refractivity contribution in [1.82, 2.24) is 9.47 Å². The number of nitrogens with zero attached hydrogens (tertiary/aromatic N) is 2. The van der Waals surface area contributed by atoms with Crippen molar-refractivity contribution >= 4 is 22.6 Å². The molecule has 0 radical (unpaired) electrons. The number of anilines is 1. The van der Waals surface area contributed by atoms with Gasteiger partial charge in [0.25, 0.3) is 0 Å². The molecule has 2 aromatic rings. The van der Waals surface area contributed by atoms with Gasteiger partial charge in [-0.3, -0.25) is 0 Å². The molecular formula is C17H25N3O2. The fourth-order valence-corrected chi connectivity index (χ4v) is 2.40. The maximum absolute atomic E-state index is 12.1. The second kappa shape index (κ2) is 7.31. The first-order chi connectivity index (χ1) is 10.5. The molecule has 5 nitrogen and oxygen atoms in total. The third-order valence-corrected chi connectivity index (χ3v) is 3.72. The maximum atomic E-state index is 12.1. The van der Waals surface area contributed by atoms with E-state index in [1.807, 2.05) is 18.2 Å². The highest BCUT2D eigenvalue weighted by molar-refractivity contribution is 5.92. The molecule has 1 atom stereocenters. The SMILES string of the molecule is CCCn1ccc2ccc(NC(=O)N(C)CCC(C)O)cc21. The molecule has 2 rings (SSSR count). The largest absolute Gasteiger partial charge is 0.393 e. The monoisotopic (exact) mass is 303 g/mol. The van der Waals surface area contributed by atoms with Gasteiger partial charge >= 0.3 is 6.03 Å². The number of hydrogen-bond acceptors (Lipinski definition) is 2. The van der Waals surface area contributed by atoms with E-state index in [4.69, 9.17) is 0 Å². The highest BCUT2D eigenvalue weighted by atomic mass is 16.3. The van der Waals surface area contributed by atoms with Crippen molar-refractivity contribution in [3.8, 4) is 0 Å². The van der Waals surface area contributed by atoms with Crippen LogP contribution in [0, 0.1) is 0 Å². The second-order valence-corrected chi connectivity index (χ2v) is 5.77. The quantitative estimate of drug-likeness (QED) is 0.860. The number of nitrogens with one attached hydrogen (secondary N) is 1. The average Bonchev–Trinajstić information content (AvgIpc) is 2.87. The molecule has 2 N–H and O–H groups in total. The lowest BCUT2D eigenvalue weighted by molar-refractivity contribution is 0.167. The fraction of sp³-hybridized carbons (Fsp3) is 0.471. The van der Waals surface area contributed by atoms with Gasteiger partial charge in [0.2, 0.25) is 0 Å². The predicted octanol–water partition coefficient (Wildman–Crippen LogP) is 3.29. The Balaban J connectivity index is 2.07. The number of hydrogen-bond donors (Lipinski definition) is 2. The second-order valence-electron chi connectivity index (χ2n) is 5.77. The van der Waals surface area contributed by atoms with E-state index in [9.17, 15) is 9.90 Å². The first-order valence-electron chi connectivity index (χ1n) is 7.80. The van der Waals surface area contributed by atoms with Crippen LogP contribution < -0.4 is 5.32 Å². The molecule has 22 heavy (non-hydrogen) atoms. The molecular weight excluding hydrogens is 278 g/mol. The molecule has 0 fully saturated rings. The van der Waals surface area contributed by atoms with Gasteiger partial charge < -0.3 is 19.9 Å². The molecule has 5 heteroatoms. The van der Waals surface area contributed by atoms with Crippen LogP contribution in [-0.4, -0.2) is 40.3 Å². The number of fused-ring (bicyclic) bond motifs is 1. The lowest BCUT2D eigenvalue weighted by atomic mass is 10.2. The molecule has 0 spiro atoms. The van der Waals surface area contributed by atoms with Crippen LogP contribution in [0.4, 0.5) is 10.5 Å². The minimum atomic E-state index is -0.399. The van der Waals surface area contributed by atoms with E-state index < -0.39 is 6.10 Å². The zero-order chi connectivity index (χ0) is 16.1. The van der Waals surface area contributed by atoms with Gasteiger partial charge in [-0.2, -0.15) is 0 Å². The summed E-state index contributed by atoms with van der Waals surface area (Å²) >= 11 is 0. The fourth-order valence-electron chi connectivity index (χ4n) is 2.40. The van der Waals surface area contributed by atoms with Crippen LogP contribution >= 0.6 is 0 Å². The Morgan fingerprint density at radius 2 is 2.18 bits per heavy atom. The van der Waals surface area contributed by atoms with E-state index in [1.54, 1.807) is 18.9 Å². The first kappa shape index (κ1) is 16.4. The summed E-state index contributed by atoms with van der Waals surface area (Å²) in [5, 5.41) is 13.4. The molecule has 0 saturated carbocycles. The summed E-state index contributed by atoms with van der Waals surface area (Å²) in [4.78, 5) is 13.7. The molecule has 0 bridgehead atoms. The number of aromatic nitrogens is 1. The topological polar surface area (TPSA) is 57.5 Å². The van der Waals surface area contributed by atoms with E-state index >= 15 is 0 Å². The molecule has 0 saturated heterocycles. The molecule has 1 aromatic heterocycles. The van der Waals surface area contributed by atoms with Crippen LogP contribution in [0.3, 0.4) is 0 Å². The van der Waals surface area contributed by atoms with Crippen molar-refractivity contribution in [2.24, 2.45) is 0 Å². The van der Waals surface area contributed by atoms with Crippen LogP contribution in [0.5, 0.6) is 0 Å². The Kier molecular flexibility index (Phi) is 5.44. The normalized spacial score (nSPS) is 12.4. The summed E-state index contributed by atoms with van der Waals surface area (Å²) < 4.78 is 2.20. The summed E-state index contributed by atoms with van der Waals surface area (Å²) in [7, 11) is 1.73. The van der Waals surface area contributed by atoms with Gasteiger partial charge in [0.15, 0.2) is 0 Å². The van der Waals surface area contributed by atoms with E-state index in [0.717, 1.165) is 24.2 Å². The van der Waals surface area contributed by atoms with Gasteiger partial charge in [-0.25, -0.2) is 4.79 Å². The molecule has 1 unspecified atom stereocenters. The Morgan fingerprint density at radius 3 is 2.86 bits per heavy atom. The van der Waals surface area contributed by atoms with E-state index in [1.165, 1.54) is 5.39 Å². The van der Waals surface area contributed by atoms with Crippen molar-refractivity contribution in [3.63, 3.8) is 0 Å². The standard InChI is InChI=1S/C17H25N3O2/c1-4-9-20-11-8-14-5-6-15(12-16(14)20)18-17(22)19(3)10-7-13(2)21/h5-6,8,11-13,21H,4,7,9-10H2,1-3H3,(H,18,22). The number of amides is 2. The van der Waals surface area contributed by atoms with E-state index in [0.29, 0.717) is 13.0 Å². The van der Waals surface area contributed by atoms with Crippen molar-refractivity contribution in [3.05, 3.63) is 30.5 Å². The van der Waals surface area contributed by atoms with Gasteiger partial charge in [0.1, 0.15) is 0 Å². The minimum Gasteiger partial charge on any atom is -0.393 e. The van der Waals surface area contributed by atoms with Crippen molar-refractivity contribution < 1.29 is 9.90 Å². The number of benzene rings is 1. The Hall–Kier alpha value is -2.01. The Morgan fingerprint density at radius 1 is 1.41 bits per heavy atom. The number of carbonyl (C=O) groups excluding carboxylic acids is 1. The third-order valence-electron chi connectivity index (χ3n) is 3.72. The molecule has 120 valence electrons. The van der Waals surface area contributed by atoms with Crippen molar-refractivity contribution in [1.29, 1.82) is 0 Å². The number of urea groups is 1. The highest BCUT2D eigenvalue weighted by Gasteiger charge is 2.10. The van der Waals surface area contributed by atoms with Gasteiger partial charge in [-0.15, -0.1) is 0 Å². The average molecular weight is 303 g/mol. The number of aliphatic hydroxyl groups is 1. The van der Waals surface area contributed by atoms with Crippen molar-refractivity contribution in [2.45, 2.75) is 39.3 Å². The number of aliphatic hydroxyl groups excluding tert-OH is 1. The minimum absolute atomic E-state index is 0.159. The zero-order valence-electron chi connectivity index (χ0n) is 13.5. The molecule has 0 aliphatic carbocycles. The van der Waals surface area contributed by atoms with E-state index in [-0.39, 0.29) is 6.03 Å². The summed E-state index contributed by atoms with van der Waals surface area (Å²) in [6.07, 6.45) is 3.32. The predicted molar refractivity (Wildman–Crippen MR) is 90.2 cm³/mol. The summed E-state index contributed by atoms with van der Waals surface area (Å²) in [6.45, 7) is 5.36. The Labute approximate surface area is 131 Å². The lowest BCUT2D eigenvalue weighted by Crippen LogP contribution is -2.33. The van der Waals surface area contributed by atoms with Crippen LogP contribution in [0.2, 0.25) is 0 Å².